The van der Waals surface area contributed by atoms with E-state index in [9.17, 15) is 0 Å². The highest BCUT2D eigenvalue weighted by atomic mass is 15.1. The molecule has 0 radical (unpaired) electrons. The summed E-state index contributed by atoms with van der Waals surface area (Å²) >= 11 is 0. The van der Waals surface area contributed by atoms with Crippen LogP contribution in [0.5, 0.6) is 0 Å². The van der Waals surface area contributed by atoms with E-state index in [1.165, 1.54) is 11.3 Å². The summed E-state index contributed by atoms with van der Waals surface area (Å²) in [6.07, 6.45) is 0. The van der Waals surface area contributed by atoms with Crippen LogP contribution in [0, 0.1) is 0 Å². The van der Waals surface area contributed by atoms with Crippen LogP contribution in [0.25, 0.3) is 0 Å². The predicted octanol–water partition coefficient (Wildman–Crippen LogP) is 1.72. The summed E-state index contributed by atoms with van der Waals surface area (Å²) in [6, 6.07) is 8.88. The van der Waals surface area contributed by atoms with Gasteiger partial charge in [0, 0.05) is 11.7 Å². The molecule has 0 saturated heterocycles. The molecule has 0 aromatic heterocycles. The van der Waals surface area contributed by atoms with Gasteiger partial charge in [-0.25, -0.2) is 0 Å². The molecule has 58 valence electrons. The van der Waals surface area contributed by atoms with Gasteiger partial charge in [-0.2, -0.15) is 0 Å². The molecule has 0 aliphatic carbocycles. The monoisotopic (exact) mass is 148 g/mol. The quantitative estimate of drug-likeness (QED) is 0.585. The highest BCUT2D eigenvalue weighted by Gasteiger charge is 2.12. The van der Waals surface area contributed by atoms with Gasteiger partial charge < -0.3 is 5.32 Å². The first-order chi connectivity index (χ1) is 5.38. The van der Waals surface area contributed by atoms with Crippen molar-refractivity contribution < 1.29 is 0 Å². The van der Waals surface area contributed by atoms with E-state index in [4.69, 9.17) is 0 Å². The van der Waals surface area contributed by atoms with Gasteiger partial charge in [0.05, 0.1) is 6.67 Å². The van der Waals surface area contributed by atoms with Crippen molar-refractivity contribution in [3.63, 3.8) is 0 Å². The molecule has 1 aromatic carbocycles. The van der Waals surface area contributed by atoms with Crippen LogP contribution in [0.4, 0.5) is 5.69 Å². The Kier molecular flexibility index (Phi) is 1.55. The van der Waals surface area contributed by atoms with Gasteiger partial charge >= 0.3 is 0 Å². The van der Waals surface area contributed by atoms with E-state index in [1.54, 1.807) is 0 Å². The highest BCUT2D eigenvalue weighted by Crippen LogP contribution is 2.24. The number of hydrogen-bond donors (Lipinski definition) is 2. The second-order valence-electron chi connectivity index (χ2n) is 2.87. The van der Waals surface area contributed by atoms with E-state index in [-0.39, 0.29) is 0 Å². The Morgan fingerprint density at radius 2 is 2.18 bits per heavy atom. The second-order valence-corrected chi connectivity index (χ2v) is 2.87. The van der Waals surface area contributed by atoms with E-state index >= 15 is 0 Å². The third kappa shape index (κ3) is 1.10. The van der Waals surface area contributed by atoms with Gasteiger partial charge in [-0.1, -0.05) is 18.2 Å². The number of rotatable bonds is 0. The minimum atomic E-state index is 0.479. The zero-order valence-corrected chi connectivity index (χ0v) is 6.59. The number of fused-ring (bicyclic) bond motifs is 1. The molecule has 1 unspecified atom stereocenters. The number of anilines is 1. The number of nitrogens with one attached hydrogen (secondary N) is 2. The van der Waals surface area contributed by atoms with E-state index < -0.39 is 0 Å². The van der Waals surface area contributed by atoms with Crippen molar-refractivity contribution >= 4 is 5.69 Å². The topological polar surface area (TPSA) is 24.1 Å². The van der Waals surface area contributed by atoms with Gasteiger partial charge in [-0.3, -0.25) is 5.32 Å². The lowest BCUT2D eigenvalue weighted by atomic mass is 10.0. The molecule has 1 aliphatic heterocycles. The molecule has 1 atom stereocenters. The van der Waals surface area contributed by atoms with Crippen molar-refractivity contribution in [2.45, 2.75) is 13.0 Å². The summed E-state index contributed by atoms with van der Waals surface area (Å²) < 4.78 is 0. The molecule has 2 N–H and O–H groups in total. The van der Waals surface area contributed by atoms with Crippen molar-refractivity contribution in [1.82, 2.24) is 5.32 Å². The van der Waals surface area contributed by atoms with Crippen LogP contribution >= 0.6 is 0 Å². The van der Waals surface area contributed by atoms with Crippen molar-refractivity contribution in [2.75, 3.05) is 12.0 Å². The van der Waals surface area contributed by atoms with Gasteiger partial charge in [0.15, 0.2) is 0 Å². The Bertz CT molecular complexity index is 257. The molecule has 1 aromatic rings. The zero-order valence-electron chi connectivity index (χ0n) is 6.59. The standard InChI is InChI=1S/C9H12N2/c1-7-8-4-2-3-5-9(8)11-6-10-7/h2-5,7,10-11H,6H2,1H3. The van der Waals surface area contributed by atoms with Gasteiger partial charge in [0.1, 0.15) is 0 Å². The maximum Gasteiger partial charge on any atom is 0.0657 e. The van der Waals surface area contributed by atoms with Crippen molar-refractivity contribution in [3.05, 3.63) is 29.8 Å². The van der Waals surface area contributed by atoms with E-state index in [2.05, 4.69) is 41.8 Å². The van der Waals surface area contributed by atoms with Crippen LogP contribution in [0.1, 0.15) is 18.5 Å². The molecule has 1 aliphatic rings. The van der Waals surface area contributed by atoms with Gasteiger partial charge in [-0.15, -0.1) is 0 Å². The van der Waals surface area contributed by atoms with Crippen LogP contribution in [0.3, 0.4) is 0 Å². The summed E-state index contributed by atoms with van der Waals surface area (Å²) in [7, 11) is 0. The molecule has 2 rings (SSSR count). The summed E-state index contributed by atoms with van der Waals surface area (Å²) in [4.78, 5) is 0. The molecule has 0 fully saturated rings. The average molecular weight is 148 g/mol. The molecular weight excluding hydrogens is 136 g/mol. The van der Waals surface area contributed by atoms with Crippen molar-refractivity contribution in [1.29, 1.82) is 0 Å². The van der Waals surface area contributed by atoms with Crippen LogP contribution in [0.2, 0.25) is 0 Å². The molecule has 0 saturated carbocycles. The Morgan fingerprint density at radius 3 is 3.00 bits per heavy atom. The average Bonchev–Trinajstić information content (AvgIpc) is 2.06. The summed E-state index contributed by atoms with van der Waals surface area (Å²) in [5, 5.41) is 6.61. The summed E-state index contributed by atoms with van der Waals surface area (Å²) in [6.45, 7) is 3.05. The first-order valence-electron chi connectivity index (χ1n) is 3.94. The van der Waals surface area contributed by atoms with Crippen LogP contribution in [-0.4, -0.2) is 6.67 Å². The Morgan fingerprint density at radius 1 is 1.36 bits per heavy atom. The fourth-order valence-electron chi connectivity index (χ4n) is 1.44. The lowest BCUT2D eigenvalue weighted by Gasteiger charge is -2.24. The first-order valence-corrected chi connectivity index (χ1v) is 3.94. The largest absolute Gasteiger partial charge is 0.372 e. The normalized spacial score (nSPS) is 22.1. The highest BCUT2D eigenvalue weighted by molar-refractivity contribution is 5.53. The minimum Gasteiger partial charge on any atom is -0.372 e. The van der Waals surface area contributed by atoms with Crippen LogP contribution in [0.15, 0.2) is 24.3 Å². The molecule has 0 spiro atoms. The Balaban J connectivity index is 2.44. The third-order valence-corrected chi connectivity index (χ3v) is 2.11. The smallest absolute Gasteiger partial charge is 0.0657 e. The molecule has 0 amide bonds. The second kappa shape index (κ2) is 2.55. The van der Waals surface area contributed by atoms with Gasteiger partial charge in [0.25, 0.3) is 0 Å². The van der Waals surface area contributed by atoms with Gasteiger partial charge in [-0.05, 0) is 18.6 Å². The van der Waals surface area contributed by atoms with Crippen LogP contribution in [-0.2, 0) is 0 Å². The van der Waals surface area contributed by atoms with Crippen molar-refractivity contribution in [2.24, 2.45) is 0 Å². The number of para-hydroxylation sites is 1. The SMILES string of the molecule is CC1NCNc2ccccc21. The number of benzene rings is 1. The first kappa shape index (κ1) is 6.68. The molecular formula is C9H12N2. The molecule has 11 heavy (non-hydrogen) atoms. The van der Waals surface area contributed by atoms with Crippen LogP contribution < -0.4 is 10.6 Å². The van der Waals surface area contributed by atoms with Crippen molar-refractivity contribution in [3.8, 4) is 0 Å². The summed E-state index contributed by atoms with van der Waals surface area (Å²) in [5.41, 5.74) is 2.62. The molecule has 0 bridgehead atoms. The lowest BCUT2D eigenvalue weighted by molar-refractivity contribution is 0.584. The Hall–Kier alpha value is -1.02. The maximum atomic E-state index is 3.33. The lowest BCUT2D eigenvalue weighted by Crippen LogP contribution is -2.30. The van der Waals surface area contributed by atoms with E-state index in [0.29, 0.717) is 6.04 Å². The zero-order chi connectivity index (χ0) is 7.68. The predicted molar refractivity (Wildman–Crippen MR) is 46.5 cm³/mol. The fourth-order valence-corrected chi connectivity index (χ4v) is 1.44. The minimum absolute atomic E-state index is 0.479. The van der Waals surface area contributed by atoms with E-state index in [0.717, 1.165) is 6.67 Å². The molecule has 1 heterocycles. The fraction of sp³-hybridized carbons (Fsp3) is 0.333. The molecule has 2 heteroatoms. The summed E-state index contributed by atoms with van der Waals surface area (Å²) in [5.74, 6) is 0. The molecule has 2 nitrogen and oxygen atoms in total. The maximum absolute atomic E-state index is 3.33. The van der Waals surface area contributed by atoms with E-state index in [1.807, 2.05) is 0 Å². The van der Waals surface area contributed by atoms with Gasteiger partial charge in [0.2, 0.25) is 0 Å². The third-order valence-electron chi connectivity index (χ3n) is 2.11. The number of hydrogen-bond acceptors (Lipinski definition) is 2. The Labute approximate surface area is 66.6 Å².